The summed E-state index contributed by atoms with van der Waals surface area (Å²) >= 11 is 1.66. The summed E-state index contributed by atoms with van der Waals surface area (Å²) in [6.45, 7) is 5.64. The van der Waals surface area contributed by atoms with Crippen molar-refractivity contribution in [3.05, 3.63) is 34.3 Å². The van der Waals surface area contributed by atoms with Crippen molar-refractivity contribution in [1.82, 2.24) is 19.9 Å². The maximum absolute atomic E-state index is 12.5. The summed E-state index contributed by atoms with van der Waals surface area (Å²) in [5.74, 6) is -0.670. The highest BCUT2D eigenvalue weighted by atomic mass is 32.1. The van der Waals surface area contributed by atoms with Gasteiger partial charge in [-0.15, -0.1) is 16.4 Å². The Labute approximate surface area is 169 Å². The number of amides is 1. The molecule has 2 aromatic rings. The van der Waals surface area contributed by atoms with E-state index in [4.69, 9.17) is 0 Å². The molecule has 152 valence electrons. The van der Waals surface area contributed by atoms with Gasteiger partial charge in [0, 0.05) is 36.5 Å². The van der Waals surface area contributed by atoms with Gasteiger partial charge in [0.1, 0.15) is 0 Å². The molecule has 3 rings (SSSR count). The molecular weight excluding hydrogens is 376 g/mol. The average Bonchev–Trinajstić information content (AvgIpc) is 3.34. The predicted molar refractivity (Wildman–Crippen MR) is 107 cm³/mol. The van der Waals surface area contributed by atoms with Crippen LogP contribution in [0.4, 0.5) is 0 Å². The number of piperidine rings is 1. The fourth-order valence-corrected chi connectivity index (χ4v) is 4.59. The molecule has 1 aliphatic heterocycles. The van der Waals surface area contributed by atoms with E-state index >= 15 is 0 Å². The molecule has 0 radical (unpaired) electrons. The van der Waals surface area contributed by atoms with E-state index in [0.29, 0.717) is 44.6 Å². The van der Waals surface area contributed by atoms with Crippen LogP contribution in [0.25, 0.3) is 0 Å². The van der Waals surface area contributed by atoms with Gasteiger partial charge in [0.2, 0.25) is 5.91 Å². The van der Waals surface area contributed by atoms with E-state index in [9.17, 15) is 14.7 Å². The summed E-state index contributed by atoms with van der Waals surface area (Å²) < 4.78 is 1.75. The van der Waals surface area contributed by atoms with Crippen molar-refractivity contribution in [3.8, 4) is 0 Å². The molecule has 1 amide bonds. The van der Waals surface area contributed by atoms with Gasteiger partial charge in [0.05, 0.1) is 17.7 Å². The van der Waals surface area contributed by atoms with Gasteiger partial charge in [-0.1, -0.05) is 31.5 Å². The van der Waals surface area contributed by atoms with E-state index in [-0.39, 0.29) is 11.8 Å². The van der Waals surface area contributed by atoms with Gasteiger partial charge in [0.25, 0.3) is 0 Å². The van der Waals surface area contributed by atoms with Gasteiger partial charge < -0.3 is 10.0 Å². The van der Waals surface area contributed by atoms with Gasteiger partial charge in [-0.2, -0.15) is 0 Å². The fourth-order valence-electron chi connectivity index (χ4n) is 3.90. The Morgan fingerprint density at radius 1 is 1.36 bits per heavy atom. The second-order valence-electron chi connectivity index (χ2n) is 7.76. The lowest BCUT2D eigenvalue weighted by molar-refractivity contribution is -0.155. The van der Waals surface area contributed by atoms with Crippen LogP contribution in [0.5, 0.6) is 0 Å². The molecule has 0 aromatic carbocycles. The third-order valence-corrected chi connectivity index (χ3v) is 6.49. The van der Waals surface area contributed by atoms with Crippen LogP contribution in [0.3, 0.4) is 0 Å². The van der Waals surface area contributed by atoms with Crippen LogP contribution in [0.2, 0.25) is 0 Å². The molecule has 0 bridgehead atoms. The van der Waals surface area contributed by atoms with E-state index in [1.165, 1.54) is 4.88 Å². The number of rotatable bonds is 8. The van der Waals surface area contributed by atoms with Gasteiger partial charge in [-0.05, 0) is 30.7 Å². The van der Waals surface area contributed by atoms with E-state index in [1.807, 2.05) is 35.5 Å². The number of carboxylic acids is 1. The van der Waals surface area contributed by atoms with E-state index in [2.05, 4.69) is 17.2 Å². The predicted octanol–water partition coefficient (Wildman–Crippen LogP) is 3.06. The molecule has 1 unspecified atom stereocenters. The van der Waals surface area contributed by atoms with Crippen molar-refractivity contribution in [2.75, 3.05) is 13.1 Å². The third-order valence-electron chi connectivity index (χ3n) is 5.63. The van der Waals surface area contributed by atoms with Crippen molar-refractivity contribution >= 4 is 23.2 Å². The van der Waals surface area contributed by atoms with Crippen molar-refractivity contribution in [1.29, 1.82) is 0 Å². The normalized spacial score (nSPS) is 17.4. The van der Waals surface area contributed by atoms with Crippen molar-refractivity contribution in [3.63, 3.8) is 0 Å². The number of aromatic nitrogens is 3. The first-order valence-electron chi connectivity index (χ1n) is 9.87. The number of hydrogen-bond donors (Lipinski definition) is 1. The summed E-state index contributed by atoms with van der Waals surface area (Å²) in [6.07, 6.45) is 4.92. The van der Waals surface area contributed by atoms with Gasteiger partial charge in [-0.25, -0.2) is 4.68 Å². The number of aliphatic carboxylic acids is 1. The lowest BCUT2D eigenvalue weighted by Gasteiger charge is -2.39. The third kappa shape index (κ3) is 4.60. The molecule has 0 saturated carbocycles. The summed E-state index contributed by atoms with van der Waals surface area (Å²) in [5.41, 5.74) is -0.188. The van der Waals surface area contributed by atoms with E-state index < -0.39 is 11.4 Å². The van der Waals surface area contributed by atoms with Gasteiger partial charge in [0.15, 0.2) is 0 Å². The number of carbonyl (C=O) groups is 2. The Balaban J connectivity index is 1.63. The summed E-state index contributed by atoms with van der Waals surface area (Å²) in [5, 5.41) is 20.3. The number of carbonyl (C=O) groups excluding carboxylic acids is 1. The quantitative estimate of drug-likeness (QED) is 0.730. The van der Waals surface area contributed by atoms with Crippen LogP contribution in [-0.4, -0.2) is 50.0 Å². The van der Waals surface area contributed by atoms with Gasteiger partial charge in [-0.3, -0.25) is 9.59 Å². The Kier molecular flexibility index (Phi) is 6.49. The van der Waals surface area contributed by atoms with Crippen LogP contribution in [-0.2, 0) is 22.6 Å². The molecule has 1 N–H and O–H groups in total. The number of carboxylic acid groups (broad SMARTS) is 1. The maximum Gasteiger partial charge on any atom is 0.310 e. The molecule has 0 aliphatic carbocycles. The minimum atomic E-state index is -0.880. The van der Waals surface area contributed by atoms with Crippen LogP contribution < -0.4 is 0 Å². The molecule has 8 heteroatoms. The molecule has 0 spiro atoms. The second-order valence-corrected chi connectivity index (χ2v) is 8.80. The largest absolute Gasteiger partial charge is 0.481 e. The van der Waals surface area contributed by atoms with E-state index in [0.717, 1.165) is 12.8 Å². The standard InChI is InChI=1S/C20H28N4O3S/c1-3-5-15(2)18(25)23-9-7-20(8-10-23,19(26)27)12-16-13-24(22-21-16)14-17-6-4-11-28-17/h4,6,11,13,15H,3,5,7-10,12,14H2,1-2H3,(H,26,27). The highest BCUT2D eigenvalue weighted by Crippen LogP contribution is 2.35. The van der Waals surface area contributed by atoms with Crippen LogP contribution in [0.15, 0.2) is 23.7 Å². The van der Waals surface area contributed by atoms with Crippen molar-refractivity contribution in [2.45, 2.75) is 52.5 Å². The summed E-state index contributed by atoms with van der Waals surface area (Å²) in [4.78, 5) is 27.6. The number of hydrogen-bond acceptors (Lipinski definition) is 5. The Morgan fingerprint density at radius 3 is 2.71 bits per heavy atom. The number of nitrogens with zero attached hydrogens (tertiary/aromatic N) is 4. The lowest BCUT2D eigenvalue weighted by atomic mass is 9.74. The highest BCUT2D eigenvalue weighted by molar-refractivity contribution is 7.09. The molecule has 1 saturated heterocycles. The van der Waals surface area contributed by atoms with Crippen molar-refractivity contribution < 1.29 is 14.7 Å². The zero-order valence-corrected chi connectivity index (χ0v) is 17.3. The minimum Gasteiger partial charge on any atom is -0.481 e. The highest BCUT2D eigenvalue weighted by Gasteiger charge is 2.43. The summed E-state index contributed by atoms with van der Waals surface area (Å²) in [6, 6.07) is 4.03. The topological polar surface area (TPSA) is 88.3 Å². The maximum atomic E-state index is 12.5. The first-order chi connectivity index (χ1) is 13.4. The summed E-state index contributed by atoms with van der Waals surface area (Å²) in [7, 11) is 0. The molecular formula is C20H28N4O3S. The molecule has 1 atom stereocenters. The monoisotopic (exact) mass is 404 g/mol. The molecule has 3 heterocycles. The molecule has 7 nitrogen and oxygen atoms in total. The zero-order chi connectivity index (χ0) is 20.1. The number of likely N-dealkylation sites (tertiary alicyclic amines) is 1. The van der Waals surface area contributed by atoms with Crippen LogP contribution in [0.1, 0.15) is 50.1 Å². The first kappa shape index (κ1) is 20.5. The minimum absolute atomic E-state index is 0.000483. The fraction of sp³-hybridized carbons (Fsp3) is 0.600. The SMILES string of the molecule is CCCC(C)C(=O)N1CCC(Cc2cn(Cc3cccs3)nn2)(C(=O)O)CC1. The van der Waals surface area contributed by atoms with Crippen LogP contribution in [0, 0.1) is 11.3 Å². The average molecular weight is 405 g/mol. The second kappa shape index (κ2) is 8.86. The Hall–Kier alpha value is -2.22. The van der Waals surface area contributed by atoms with Crippen molar-refractivity contribution in [2.24, 2.45) is 11.3 Å². The van der Waals surface area contributed by atoms with E-state index in [1.54, 1.807) is 16.0 Å². The smallest absolute Gasteiger partial charge is 0.310 e. The molecule has 1 aliphatic rings. The molecule has 2 aromatic heterocycles. The first-order valence-corrected chi connectivity index (χ1v) is 10.7. The Bertz CT molecular complexity index is 794. The van der Waals surface area contributed by atoms with Crippen LogP contribution >= 0.6 is 11.3 Å². The zero-order valence-electron chi connectivity index (χ0n) is 16.5. The molecule has 28 heavy (non-hydrogen) atoms. The van der Waals surface area contributed by atoms with Gasteiger partial charge >= 0.3 is 5.97 Å². The molecule has 1 fully saturated rings. The number of thiophene rings is 1. The Morgan fingerprint density at radius 2 is 2.11 bits per heavy atom. The lowest BCUT2D eigenvalue weighted by Crippen LogP contribution is -2.48.